The first-order valence-electron chi connectivity index (χ1n) is 8.84. The van der Waals surface area contributed by atoms with Gasteiger partial charge in [-0.1, -0.05) is 6.92 Å². The van der Waals surface area contributed by atoms with Gasteiger partial charge in [-0.25, -0.2) is 8.42 Å². The van der Waals surface area contributed by atoms with Gasteiger partial charge in [0.25, 0.3) is 5.91 Å². The van der Waals surface area contributed by atoms with Gasteiger partial charge in [-0.2, -0.15) is 0 Å². The van der Waals surface area contributed by atoms with Gasteiger partial charge < -0.3 is 10.2 Å². The summed E-state index contributed by atoms with van der Waals surface area (Å²) in [5.41, 5.74) is 1.03. The number of hydrogen-bond donors (Lipinski definition) is 1. The van der Waals surface area contributed by atoms with Crippen LogP contribution >= 0.6 is 11.3 Å². The van der Waals surface area contributed by atoms with E-state index < -0.39 is 9.84 Å². The van der Waals surface area contributed by atoms with Crippen molar-refractivity contribution in [2.45, 2.75) is 37.6 Å². The van der Waals surface area contributed by atoms with Crippen LogP contribution in [0, 0.1) is 6.92 Å². The summed E-state index contributed by atoms with van der Waals surface area (Å²) in [6.07, 6.45) is 1.76. The summed E-state index contributed by atoms with van der Waals surface area (Å²) < 4.78 is 23.8. The lowest BCUT2D eigenvalue weighted by Gasteiger charge is -2.34. The highest BCUT2D eigenvalue weighted by molar-refractivity contribution is 7.91. The molecule has 5 nitrogen and oxygen atoms in total. The molecule has 0 radical (unpaired) electrons. The Kier molecular flexibility index (Phi) is 5.67. The molecule has 140 valence electrons. The normalized spacial score (nSPS) is 15.8. The van der Waals surface area contributed by atoms with Crippen molar-refractivity contribution < 1.29 is 13.2 Å². The van der Waals surface area contributed by atoms with Crippen molar-refractivity contribution in [2.24, 2.45) is 0 Å². The second-order valence-electron chi connectivity index (χ2n) is 6.54. The third kappa shape index (κ3) is 4.27. The topological polar surface area (TPSA) is 66.5 Å². The molecule has 2 aromatic rings. The van der Waals surface area contributed by atoms with Gasteiger partial charge >= 0.3 is 0 Å². The van der Waals surface area contributed by atoms with Crippen molar-refractivity contribution >= 4 is 32.8 Å². The Balaban J connectivity index is 1.56. The molecular formula is C19H24N2O3S2. The molecule has 1 N–H and O–H groups in total. The highest BCUT2D eigenvalue weighted by Crippen LogP contribution is 2.23. The summed E-state index contributed by atoms with van der Waals surface area (Å²) >= 11 is 1.52. The number of rotatable bonds is 5. The van der Waals surface area contributed by atoms with E-state index in [0.717, 1.165) is 41.4 Å². The summed E-state index contributed by atoms with van der Waals surface area (Å²) in [5.74, 6) is 0.122. The third-order valence-corrected chi connectivity index (χ3v) is 7.49. The van der Waals surface area contributed by atoms with Crippen molar-refractivity contribution in [1.29, 1.82) is 0 Å². The molecule has 1 fully saturated rings. The van der Waals surface area contributed by atoms with Gasteiger partial charge in [0.1, 0.15) is 0 Å². The minimum Gasteiger partial charge on any atom is -0.371 e. The monoisotopic (exact) mass is 392 g/mol. The molecule has 1 amide bonds. The SMILES string of the molecule is CCS(=O)(=O)c1ccc(N2CCC(NC(=O)c3ccc(C)s3)CC2)cc1. The molecule has 7 heteroatoms. The molecule has 0 atom stereocenters. The van der Waals surface area contributed by atoms with E-state index in [1.54, 1.807) is 19.1 Å². The molecule has 2 heterocycles. The van der Waals surface area contributed by atoms with Gasteiger partial charge in [-0.05, 0) is 56.2 Å². The molecule has 0 aliphatic carbocycles. The summed E-state index contributed by atoms with van der Waals surface area (Å²) in [4.78, 5) is 16.8. The average Bonchev–Trinajstić information content (AvgIpc) is 3.09. The number of aryl methyl sites for hydroxylation is 1. The standard InChI is InChI=1S/C19H24N2O3S2/c1-3-26(23,24)17-7-5-16(6-8-17)21-12-10-15(11-13-21)20-19(22)18-9-4-14(2)25-18/h4-9,15H,3,10-13H2,1-2H3,(H,20,22). The second kappa shape index (κ2) is 7.80. The number of nitrogens with one attached hydrogen (secondary N) is 1. The number of benzene rings is 1. The molecular weight excluding hydrogens is 368 g/mol. The second-order valence-corrected chi connectivity index (χ2v) is 10.1. The first-order chi connectivity index (χ1) is 12.4. The maximum Gasteiger partial charge on any atom is 0.261 e. The smallest absolute Gasteiger partial charge is 0.261 e. The van der Waals surface area contributed by atoms with Crippen molar-refractivity contribution in [1.82, 2.24) is 5.32 Å². The summed E-state index contributed by atoms with van der Waals surface area (Å²) in [5, 5.41) is 3.12. The number of sulfone groups is 1. The Labute approximate surface area is 159 Å². The van der Waals surface area contributed by atoms with E-state index in [-0.39, 0.29) is 17.7 Å². The number of piperidine rings is 1. The van der Waals surface area contributed by atoms with Crippen molar-refractivity contribution in [3.8, 4) is 0 Å². The summed E-state index contributed by atoms with van der Waals surface area (Å²) in [7, 11) is -3.16. The van der Waals surface area contributed by atoms with Gasteiger partial charge in [-0.15, -0.1) is 11.3 Å². The van der Waals surface area contributed by atoms with Crippen molar-refractivity contribution in [3.05, 3.63) is 46.2 Å². The molecule has 1 saturated heterocycles. The minimum absolute atomic E-state index is 0.00988. The van der Waals surface area contributed by atoms with Crippen LogP contribution < -0.4 is 10.2 Å². The Bertz CT molecular complexity index is 864. The fraction of sp³-hybridized carbons (Fsp3) is 0.421. The van der Waals surface area contributed by atoms with Gasteiger partial charge in [-0.3, -0.25) is 4.79 Å². The van der Waals surface area contributed by atoms with E-state index in [4.69, 9.17) is 0 Å². The number of carbonyl (C=O) groups excluding carboxylic acids is 1. The number of amides is 1. The van der Waals surface area contributed by atoms with Crippen LogP contribution in [0.1, 0.15) is 34.3 Å². The van der Waals surface area contributed by atoms with Crippen LogP contribution in [0.2, 0.25) is 0 Å². The maximum atomic E-state index is 12.3. The van der Waals surface area contributed by atoms with Crippen LogP contribution in [0.25, 0.3) is 0 Å². The lowest BCUT2D eigenvalue weighted by Crippen LogP contribution is -2.44. The minimum atomic E-state index is -3.16. The number of hydrogen-bond acceptors (Lipinski definition) is 5. The molecule has 1 aliphatic rings. The van der Waals surface area contributed by atoms with Crippen LogP contribution in [0.4, 0.5) is 5.69 Å². The summed E-state index contributed by atoms with van der Waals surface area (Å²) in [6.45, 7) is 5.33. The summed E-state index contributed by atoms with van der Waals surface area (Å²) in [6, 6.07) is 11.1. The largest absolute Gasteiger partial charge is 0.371 e. The molecule has 1 aromatic heterocycles. The predicted molar refractivity (Wildman–Crippen MR) is 106 cm³/mol. The van der Waals surface area contributed by atoms with Crippen LogP contribution in [0.5, 0.6) is 0 Å². The molecule has 26 heavy (non-hydrogen) atoms. The van der Waals surface area contributed by atoms with E-state index in [2.05, 4.69) is 10.2 Å². The molecule has 0 bridgehead atoms. The van der Waals surface area contributed by atoms with E-state index in [1.165, 1.54) is 11.3 Å². The first kappa shape index (κ1) is 18.9. The lowest BCUT2D eigenvalue weighted by atomic mass is 10.0. The molecule has 3 rings (SSSR count). The first-order valence-corrected chi connectivity index (χ1v) is 11.3. The van der Waals surface area contributed by atoms with Crippen LogP contribution in [0.3, 0.4) is 0 Å². The zero-order valence-corrected chi connectivity index (χ0v) is 16.7. The lowest BCUT2D eigenvalue weighted by molar-refractivity contribution is 0.0935. The van der Waals surface area contributed by atoms with E-state index in [1.807, 2.05) is 31.2 Å². The number of carbonyl (C=O) groups is 1. The van der Waals surface area contributed by atoms with Gasteiger partial charge in [0, 0.05) is 29.7 Å². The number of thiophene rings is 1. The zero-order valence-electron chi connectivity index (χ0n) is 15.1. The van der Waals surface area contributed by atoms with Crippen LogP contribution in [-0.2, 0) is 9.84 Å². The number of anilines is 1. The van der Waals surface area contributed by atoms with Crippen molar-refractivity contribution in [2.75, 3.05) is 23.7 Å². The van der Waals surface area contributed by atoms with E-state index in [0.29, 0.717) is 4.90 Å². The van der Waals surface area contributed by atoms with Crippen LogP contribution in [0.15, 0.2) is 41.3 Å². The zero-order chi connectivity index (χ0) is 18.7. The van der Waals surface area contributed by atoms with Gasteiger partial charge in [0.2, 0.25) is 0 Å². The van der Waals surface area contributed by atoms with E-state index in [9.17, 15) is 13.2 Å². The quantitative estimate of drug-likeness (QED) is 0.848. The Morgan fingerprint density at radius 3 is 2.35 bits per heavy atom. The Hall–Kier alpha value is -1.86. The molecule has 0 unspecified atom stereocenters. The predicted octanol–water partition coefficient (Wildman–Crippen LogP) is 3.25. The fourth-order valence-corrected chi connectivity index (χ4v) is 4.78. The van der Waals surface area contributed by atoms with Crippen molar-refractivity contribution in [3.63, 3.8) is 0 Å². The number of nitrogens with zero attached hydrogens (tertiary/aromatic N) is 1. The Morgan fingerprint density at radius 2 is 1.81 bits per heavy atom. The highest BCUT2D eigenvalue weighted by atomic mass is 32.2. The van der Waals surface area contributed by atoms with Gasteiger partial charge in [0.15, 0.2) is 9.84 Å². The highest BCUT2D eigenvalue weighted by Gasteiger charge is 2.22. The molecule has 1 aliphatic heterocycles. The Morgan fingerprint density at radius 1 is 1.15 bits per heavy atom. The molecule has 1 aromatic carbocycles. The maximum absolute atomic E-state index is 12.3. The molecule has 0 saturated carbocycles. The fourth-order valence-electron chi connectivity index (χ4n) is 3.13. The van der Waals surface area contributed by atoms with Gasteiger partial charge in [0.05, 0.1) is 15.5 Å². The average molecular weight is 393 g/mol. The van der Waals surface area contributed by atoms with E-state index >= 15 is 0 Å². The molecule has 0 spiro atoms. The van der Waals surface area contributed by atoms with Crippen LogP contribution in [-0.4, -0.2) is 39.2 Å². The third-order valence-electron chi connectivity index (χ3n) is 4.74.